The van der Waals surface area contributed by atoms with Crippen molar-refractivity contribution in [2.75, 3.05) is 26.4 Å². The number of esters is 2. The Balaban J connectivity index is 4.36. The predicted molar refractivity (Wildman–Crippen MR) is 221 cm³/mol. The number of phosphoric ester groups is 1. The van der Waals surface area contributed by atoms with E-state index in [4.69, 9.17) is 24.3 Å². The molecule has 11 heteroatoms. The molecule has 10 nitrogen and oxygen atoms in total. The van der Waals surface area contributed by atoms with Gasteiger partial charge in [0.15, 0.2) is 6.10 Å². The van der Waals surface area contributed by atoms with E-state index in [9.17, 15) is 24.2 Å². The van der Waals surface area contributed by atoms with Crippen LogP contribution in [-0.2, 0) is 32.7 Å². The molecular weight excluding hydrogens is 705 g/mol. The summed E-state index contributed by atoms with van der Waals surface area (Å²) in [7, 11) is -4.40. The lowest BCUT2D eigenvalue weighted by Crippen LogP contribution is -2.29. The van der Waals surface area contributed by atoms with Crippen LogP contribution in [-0.4, -0.2) is 60.5 Å². The first kappa shape index (κ1) is 51.1. The van der Waals surface area contributed by atoms with Crippen LogP contribution in [0.1, 0.15) is 136 Å². The van der Waals surface area contributed by atoms with Crippen molar-refractivity contribution in [1.29, 1.82) is 0 Å². The maximum Gasteiger partial charge on any atom is 0.472 e. The van der Waals surface area contributed by atoms with Crippen LogP contribution in [0, 0.1) is 0 Å². The molecule has 0 heterocycles. The van der Waals surface area contributed by atoms with Gasteiger partial charge in [0, 0.05) is 19.4 Å². The van der Waals surface area contributed by atoms with Gasteiger partial charge < -0.3 is 25.2 Å². The molecule has 0 aromatic rings. The molecule has 0 fully saturated rings. The highest BCUT2D eigenvalue weighted by Gasteiger charge is 2.25. The van der Waals surface area contributed by atoms with E-state index in [0.717, 1.165) is 83.5 Å². The average Bonchev–Trinajstić information content (AvgIpc) is 3.15. The molecule has 0 rings (SSSR count). The normalized spacial score (nSPS) is 14.8. The zero-order valence-corrected chi connectivity index (χ0v) is 34.2. The summed E-state index contributed by atoms with van der Waals surface area (Å²) >= 11 is 0. The van der Waals surface area contributed by atoms with Gasteiger partial charge in [-0.1, -0.05) is 125 Å². The summed E-state index contributed by atoms with van der Waals surface area (Å²) in [5.41, 5.74) is 5.33. The number of allylic oxidation sites excluding steroid dienone is 13. The van der Waals surface area contributed by atoms with Crippen molar-refractivity contribution in [3.05, 3.63) is 85.1 Å². The molecule has 0 aliphatic carbocycles. The highest BCUT2D eigenvalue weighted by Crippen LogP contribution is 2.43. The SMILES string of the molecule is CC/C=C\C/C=C\C/C=C\CCCCCCCC(=O)O[C@H](COC(=O)CCC/C=C\C/C=C\C/C=C\C/C=C\CC(O)CCC)COP(=O)(O)OCCN. The summed E-state index contributed by atoms with van der Waals surface area (Å²) in [5.74, 6) is -0.945. The second kappa shape index (κ2) is 38.4. The molecule has 0 aromatic carbocycles. The number of nitrogens with two attached hydrogens (primary N) is 1. The molecule has 0 saturated carbocycles. The molecule has 308 valence electrons. The van der Waals surface area contributed by atoms with Gasteiger partial charge in [-0.15, -0.1) is 0 Å². The lowest BCUT2D eigenvalue weighted by Gasteiger charge is -2.19. The number of carbonyl (C=O) groups is 2. The first-order chi connectivity index (χ1) is 26.2. The molecule has 0 aliphatic rings. The lowest BCUT2D eigenvalue weighted by molar-refractivity contribution is -0.161. The van der Waals surface area contributed by atoms with Gasteiger partial charge in [-0.25, -0.2) is 4.57 Å². The molecule has 2 unspecified atom stereocenters. The Kier molecular flexibility index (Phi) is 36.4. The van der Waals surface area contributed by atoms with Crippen molar-refractivity contribution < 1.29 is 42.7 Å². The molecule has 3 atom stereocenters. The van der Waals surface area contributed by atoms with Crippen molar-refractivity contribution in [1.82, 2.24) is 0 Å². The van der Waals surface area contributed by atoms with Gasteiger partial charge >= 0.3 is 19.8 Å². The molecule has 0 aromatic heterocycles. The highest BCUT2D eigenvalue weighted by atomic mass is 31.2. The number of unbranched alkanes of at least 4 members (excludes halogenated alkanes) is 6. The third kappa shape index (κ3) is 37.5. The van der Waals surface area contributed by atoms with Crippen LogP contribution in [0.15, 0.2) is 85.1 Å². The summed E-state index contributed by atoms with van der Waals surface area (Å²) < 4.78 is 32.6. The topological polar surface area (TPSA) is 155 Å². The minimum Gasteiger partial charge on any atom is -0.462 e. The summed E-state index contributed by atoms with van der Waals surface area (Å²) in [6.07, 6.45) is 43.9. The maximum atomic E-state index is 12.5. The summed E-state index contributed by atoms with van der Waals surface area (Å²) in [6, 6.07) is 0. The maximum absolute atomic E-state index is 12.5. The second-order valence-electron chi connectivity index (χ2n) is 12.9. The number of hydrogen-bond donors (Lipinski definition) is 3. The third-order valence-electron chi connectivity index (χ3n) is 7.82. The predicted octanol–water partition coefficient (Wildman–Crippen LogP) is 10.2. The van der Waals surface area contributed by atoms with E-state index < -0.39 is 32.5 Å². The van der Waals surface area contributed by atoms with E-state index in [1.807, 2.05) is 12.2 Å². The molecule has 0 amide bonds. The monoisotopic (exact) mass is 777 g/mol. The van der Waals surface area contributed by atoms with Crippen LogP contribution in [0.5, 0.6) is 0 Å². The van der Waals surface area contributed by atoms with Crippen molar-refractivity contribution >= 4 is 19.8 Å². The Hall–Kier alpha value is -2.85. The van der Waals surface area contributed by atoms with Gasteiger partial charge in [-0.3, -0.25) is 18.6 Å². The van der Waals surface area contributed by atoms with Crippen LogP contribution in [0.3, 0.4) is 0 Å². The molecule has 0 spiro atoms. The summed E-state index contributed by atoms with van der Waals surface area (Å²) in [4.78, 5) is 34.8. The number of rotatable bonds is 36. The third-order valence-corrected chi connectivity index (χ3v) is 8.81. The van der Waals surface area contributed by atoms with E-state index in [1.165, 1.54) is 0 Å². The number of ether oxygens (including phenoxy) is 2. The van der Waals surface area contributed by atoms with Crippen molar-refractivity contribution in [3.63, 3.8) is 0 Å². The number of aliphatic hydroxyl groups excluding tert-OH is 1. The average molecular weight is 778 g/mol. The van der Waals surface area contributed by atoms with E-state index in [0.29, 0.717) is 25.7 Å². The van der Waals surface area contributed by atoms with Crippen LogP contribution in [0.2, 0.25) is 0 Å². The zero-order valence-electron chi connectivity index (χ0n) is 33.3. The van der Waals surface area contributed by atoms with Gasteiger partial charge in [0.25, 0.3) is 0 Å². The first-order valence-corrected chi connectivity index (χ1v) is 21.6. The number of hydrogen-bond acceptors (Lipinski definition) is 9. The van der Waals surface area contributed by atoms with E-state index in [1.54, 1.807) is 0 Å². The second-order valence-corrected chi connectivity index (χ2v) is 14.4. The summed E-state index contributed by atoms with van der Waals surface area (Å²) in [5, 5.41) is 9.71. The fraction of sp³-hybridized carbons (Fsp3) is 0.628. The largest absolute Gasteiger partial charge is 0.472 e. The van der Waals surface area contributed by atoms with Gasteiger partial charge in [-0.2, -0.15) is 0 Å². The van der Waals surface area contributed by atoms with Crippen molar-refractivity contribution in [2.24, 2.45) is 5.73 Å². The van der Waals surface area contributed by atoms with Gasteiger partial charge in [0.1, 0.15) is 6.61 Å². The fourth-order valence-electron chi connectivity index (χ4n) is 4.89. The molecule has 0 aliphatic heterocycles. The van der Waals surface area contributed by atoms with Crippen LogP contribution in [0.25, 0.3) is 0 Å². The molecule has 54 heavy (non-hydrogen) atoms. The zero-order chi connectivity index (χ0) is 39.8. The number of phosphoric acid groups is 1. The molecule has 4 N–H and O–H groups in total. The fourth-order valence-corrected chi connectivity index (χ4v) is 5.65. The Bertz CT molecular complexity index is 1180. The Morgan fingerprint density at radius 1 is 0.648 bits per heavy atom. The van der Waals surface area contributed by atoms with Crippen LogP contribution in [0.4, 0.5) is 0 Å². The van der Waals surface area contributed by atoms with E-state index in [-0.39, 0.29) is 38.7 Å². The highest BCUT2D eigenvalue weighted by molar-refractivity contribution is 7.47. The van der Waals surface area contributed by atoms with Gasteiger partial charge in [-0.05, 0) is 83.5 Å². The minimum atomic E-state index is -4.40. The van der Waals surface area contributed by atoms with E-state index >= 15 is 0 Å². The van der Waals surface area contributed by atoms with Crippen LogP contribution >= 0.6 is 7.82 Å². The van der Waals surface area contributed by atoms with Gasteiger partial charge in [0.2, 0.25) is 0 Å². The Morgan fingerprint density at radius 3 is 1.76 bits per heavy atom. The Labute approximate surface area is 326 Å². The van der Waals surface area contributed by atoms with Crippen molar-refractivity contribution in [3.8, 4) is 0 Å². The van der Waals surface area contributed by atoms with Crippen LogP contribution < -0.4 is 5.73 Å². The lowest BCUT2D eigenvalue weighted by atomic mass is 10.1. The molecule has 0 bridgehead atoms. The summed E-state index contributed by atoms with van der Waals surface area (Å²) in [6.45, 7) is 3.29. The Morgan fingerprint density at radius 2 is 1.17 bits per heavy atom. The van der Waals surface area contributed by atoms with Gasteiger partial charge in [0.05, 0.1) is 19.3 Å². The minimum absolute atomic E-state index is 0.0325. The number of carbonyl (C=O) groups excluding carboxylic acids is 2. The standard InChI is InChI=1S/C43H72NO9P/c1-3-5-6-7-8-9-10-11-12-15-19-22-25-28-31-35-43(47)53-41(39-52-54(48,49)51-37-36-44)38-50-42(46)34-30-27-24-21-18-16-13-14-17-20-23-26-29-33-40(45)32-4-2/h5-6,8-9,11-13,16-17,20-21,24,26,29,40-41,45H,3-4,7,10,14-15,18-19,22-23,25,27-28,30-39,44H2,1-2H3,(H,48,49)/b6-5-,9-8-,12-11-,16-13-,20-17-,24-21-,29-26-/t40?,41-/m1/s1. The molecule has 0 radical (unpaired) electrons. The first-order valence-electron chi connectivity index (χ1n) is 20.1. The molecule has 0 saturated heterocycles. The smallest absolute Gasteiger partial charge is 0.462 e. The molecular formula is C43H72NO9P. The van der Waals surface area contributed by atoms with Crippen molar-refractivity contribution in [2.45, 2.75) is 148 Å². The number of aliphatic hydroxyl groups is 1. The quantitative estimate of drug-likeness (QED) is 0.0242. The van der Waals surface area contributed by atoms with E-state index in [2.05, 4.69) is 86.8 Å².